The minimum Gasteiger partial charge on any atom is -0.478 e. The fourth-order valence-corrected chi connectivity index (χ4v) is 1.42. The fourth-order valence-electron chi connectivity index (χ4n) is 1.42. The molecule has 1 aromatic carbocycles. The maximum absolute atomic E-state index is 11.6. The standard InChI is InChI=1S/C14H11NO4/c16-13(8-7-12-2-1-9-19-12)15-11-5-3-10(4-6-11)14(17)18/h1-9H,(H,15,16)(H,17,18)/b8-7-. The second kappa shape index (κ2) is 5.68. The van der Waals surface area contributed by atoms with Crippen molar-refractivity contribution in [1.29, 1.82) is 0 Å². The Bertz CT molecular complexity index is 597. The summed E-state index contributed by atoms with van der Waals surface area (Å²) in [4.78, 5) is 22.2. The van der Waals surface area contributed by atoms with Gasteiger partial charge in [-0.15, -0.1) is 0 Å². The minimum absolute atomic E-state index is 0.170. The highest BCUT2D eigenvalue weighted by molar-refractivity contribution is 6.02. The summed E-state index contributed by atoms with van der Waals surface area (Å²) in [6, 6.07) is 9.36. The molecule has 0 unspecified atom stereocenters. The number of carboxylic acid groups (broad SMARTS) is 1. The van der Waals surface area contributed by atoms with Gasteiger partial charge in [0.15, 0.2) is 0 Å². The van der Waals surface area contributed by atoms with Crippen molar-refractivity contribution in [3.05, 3.63) is 60.1 Å². The van der Waals surface area contributed by atoms with Crippen LogP contribution in [0.4, 0.5) is 5.69 Å². The van der Waals surface area contributed by atoms with Crippen LogP contribution >= 0.6 is 0 Å². The number of hydrogen-bond acceptors (Lipinski definition) is 3. The number of rotatable bonds is 4. The third-order valence-corrected chi connectivity index (χ3v) is 2.34. The largest absolute Gasteiger partial charge is 0.478 e. The summed E-state index contributed by atoms with van der Waals surface area (Å²) < 4.78 is 5.04. The Balaban J connectivity index is 1.97. The van der Waals surface area contributed by atoms with Crippen LogP contribution in [0.2, 0.25) is 0 Å². The molecule has 2 rings (SSSR count). The number of carbonyl (C=O) groups is 2. The smallest absolute Gasteiger partial charge is 0.335 e. The fraction of sp³-hybridized carbons (Fsp3) is 0. The van der Waals surface area contributed by atoms with Gasteiger partial charge in [0.25, 0.3) is 0 Å². The molecule has 0 saturated heterocycles. The average molecular weight is 257 g/mol. The van der Waals surface area contributed by atoms with E-state index in [4.69, 9.17) is 9.52 Å². The van der Waals surface area contributed by atoms with Crippen LogP contribution in [-0.4, -0.2) is 17.0 Å². The number of amides is 1. The molecule has 0 fully saturated rings. The van der Waals surface area contributed by atoms with Gasteiger partial charge in [-0.05, 0) is 42.5 Å². The van der Waals surface area contributed by atoms with E-state index in [1.165, 1.54) is 36.6 Å². The lowest BCUT2D eigenvalue weighted by atomic mass is 10.2. The monoisotopic (exact) mass is 257 g/mol. The maximum Gasteiger partial charge on any atom is 0.335 e. The van der Waals surface area contributed by atoms with Gasteiger partial charge in [-0.25, -0.2) is 4.79 Å². The van der Waals surface area contributed by atoms with Gasteiger partial charge >= 0.3 is 5.97 Å². The summed E-state index contributed by atoms with van der Waals surface area (Å²) in [6.07, 6.45) is 4.40. The molecule has 5 heteroatoms. The van der Waals surface area contributed by atoms with E-state index in [-0.39, 0.29) is 11.5 Å². The molecular formula is C14H11NO4. The normalized spacial score (nSPS) is 10.5. The number of benzene rings is 1. The molecule has 96 valence electrons. The molecule has 1 amide bonds. The van der Waals surface area contributed by atoms with Gasteiger partial charge in [0.1, 0.15) is 5.76 Å². The number of anilines is 1. The van der Waals surface area contributed by atoms with Gasteiger partial charge in [0.2, 0.25) is 5.91 Å². The molecule has 2 N–H and O–H groups in total. The molecule has 0 spiro atoms. The molecule has 0 aliphatic rings. The lowest BCUT2D eigenvalue weighted by Gasteiger charge is -2.02. The summed E-state index contributed by atoms with van der Waals surface area (Å²) >= 11 is 0. The number of hydrogen-bond donors (Lipinski definition) is 2. The molecule has 0 aliphatic carbocycles. The predicted octanol–water partition coefficient (Wildman–Crippen LogP) is 2.63. The quantitative estimate of drug-likeness (QED) is 0.825. The van der Waals surface area contributed by atoms with Gasteiger partial charge in [0.05, 0.1) is 11.8 Å². The van der Waals surface area contributed by atoms with Crippen molar-refractivity contribution in [1.82, 2.24) is 0 Å². The van der Waals surface area contributed by atoms with Gasteiger partial charge in [-0.2, -0.15) is 0 Å². The van der Waals surface area contributed by atoms with Crippen molar-refractivity contribution in [2.45, 2.75) is 0 Å². The predicted molar refractivity (Wildman–Crippen MR) is 69.8 cm³/mol. The van der Waals surface area contributed by atoms with Crippen molar-refractivity contribution in [2.75, 3.05) is 5.32 Å². The van der Waals surface area contributed by atoms with E-state index < -0.39 is 5.97 Å². The van der Waals surface area contributed by atoms with Crippen LogP contribution < -0.4 is 5.32 Å². The zero-order chi connectivity index (χ0) is 13.7. The van der Waals surface area contributed by atoms with Crippen LogP contribution in [0.1, 0.15) is 16.1 Å². The van der Waals surface area contributed by atoms with Crippen LogP contribution in [-0.2, 0) is 4.79 Å². The van der Waals surface area contributed by atoms with Gasteiger partial charge in [0, 0.05) is 11.8 Å². The van der Waals surface area contributed by atoms with Crippen LogP contribution in [0.15, 0.2) is 53.2 Å². The number of nitrogens with one attached hydrogen (secondary N) is 1. The Kier molecular flexibility index (Phi) is 3.78. The summed E-state index contributed by atoms with van der Waals surface area (Å²) in [5.74, 6) is -0.744. The SMILES string of the molecule is O=C(/C=C\c1ccco1)Nc1ccc(C(=O)O)cc1. The lowest BCUT2D eigenvalue weighted by Crippen LogP contribution is -2.07. The van der Waals surface area contributed by atoms with E-state index in [0.717, 1.165) is 0 Å². The molecule has 0 saturated carbocycles. The average Bonchev–Trinajstić information content (AvgIpc) is 2.90. The van der Waals surface area contributed by atoms with Crippen LogP contribution in [0.5, 0.6) is 0 Å². The highest BCUT2D eigenvalue weighted by Gasteiger charge is 2.03. The second-order valence-corrected chi connectivity index (χ2v) is 3.72. The minimum atomic E-state index is -1.00. The Labute approximate surface area is 109 Å². The lowest BCUT2D eigenvalue weighted by molar-refractivity contribution is -0.111. The molecule has 2 aromatic rings. The van der Waals surface area contributed by atoms with Gasteiger partial charge in [-0.3, -0.25) is 4.79 Å². The molecule has 0 radical (unpaired) electrons. The van der Waals surface area contributed by atoms with Gasteiger partial charge in [-0.1, -0.05) is 0 Å². The summed E-state index contributed by atoms with van der Waals surface area (Å²) in [7, 11) is 0. The highest BCUT2D eigenvalue weighted by atomic mass is 16.4. The van der Waals surface area contributed by atoms with E-state index in [0.29, 0.717) is 11.4 Å². The number of furan rings is 1. The Hall–Kier alpha value is -2.82. The second-order valence-electron chi connectivity index (χ2n) is 3.72. The molecular weight excluding hydrogens is 246 g/mol. The Morgan fingerprint density at radius 1 is 1.16 bits per heavy atom. The highest BCUT2D eigenvalue weighted by Crippen LogP contribution is 2.10. The number of carbonyl (C=O) groups excluding carboxylic acids is 1. The topological polar surface area (TPSA) is 79.5 Å². The van der Waals surface area contributed by atoms with E-state index in [9.17, 15) is 9.59 Å². The first-order chi connectivity index (χ1) is 9.15. The van der Waals surface area contributed by atoms with Crippen molar-refractivity contribution in [3.63, 3.8) is 0 Å². The van der Waals surface area contributed by atoms with Crippen LogP contribution in [0, 0.1) is 0 Å². The first-order valence-corrected chi connectivity index (χ1v) is 5.51. The third-order valence-electron chi connectivity index (χ3n) is 2.34. The summed E-state index contributed by atoms with van der Waals surface area (Å²) in [5.41, 5.74) is 0.697. The van der Waals surface area contributed by atoms with Crippen LogP contribution in [0.25, 0.3) is 6.08 Å². The molecule has 0 aliphatic heterocycles. The zero-order valence-electron chi connectivity index (χ0n) is 9.87. The van der Waals surface area contributed by atoms with Crippen molar-refractivity contribution in [2.24, 2.45) is 0 Å². The van der Waals surface area contributed by atoms with E-state index >= 15 is 0 Å². The molecule has 1 aromatic heterocycles. The van der Waals surface area contributed by atoms with Crippen molar-refractivity contribution >= 4 is 23.6 Å². The van der Waals surface area contributed by atoms with E-state index in [1.54, 1.807) is 18.2 Å². The number of aromatic carboxylic acids is 1. The van der Waals surface area contributed by atoms with Crippen LogP contribution in [0.3, 0.4) is 0 Å². The first-order valence-electron chi connectivity index (χ1n) is 5.51. The summed E-state index contributed by atoms with van der Waals surface area (Å²) in [5, 5.41) is 11.3. The van der Waals surface area contributed by atoms with Crippen molar-refractivity contribution < 1.29 is 19.1 Å². The zero-order valence-corrected chi connectivity index (χ0v) is 9.87. The van der Waals surface area contributed by atoms with Gasteiger partial charge < -0.3 is 14.8 Å². The molecule has 1 heterocycles. The number of carboxylic acids is 1. The molecule has 19 heavy (non-hydrogen) atoms. The van der Waals surface area contributed by atoms with E-state index in [2.05, 4.69) is 5.32 Å². The summed E-state index contributed by atoms with van der Waals surface area (Å²) in [6.45, 7) is 0. The first kappa shape index (κ1) is 12.6. The maximum atomic E-state index is 11.6. The Morgan fingerprint density at radius 3 is 2.47 bits per heavy atom. The third kappa shape index (κ3) is 3.57. The van der Waals surface area contributed by atoms with Crippen molar-refractivity contribution in [3.8, 4) is 0 Å². The molecule has 0 bridgehead atoms. The Morgan fingerprint density at radius 2 is 1.89 bits per heavy atom. The molecule has 5 nitrogen and oxygen atoms in total. The van der Waals surface area contributed by atoms with E-state index in [1.807, 2.05) is 0 Å². The molecule has 0 atom stereocenters.